The minimum absolute atomic E-state index is 0.135. The highest BCUT2D eigenvalue weighted by atomic mass is 35.5. The average molecular weight is 349 g/mol. The molecule has 23 heavy (non-hydrogen) atoms. The molecule has 1 aliphatic rings. The van der Waals surface area contributed by atoms with Gasteiger partial charge >= 0.3 is 0 Å². The number of fused-ring (bicyclic) bond motifs is 1. The maximum Gasteiger partial charge on any atom is 0.254 e. The normalized spacial score (nSPS) is 13.1. The Morgan fingerprint density at radius 2 is 1.91 bits per heavy atom. The molecule has 1 aliphatic heterocycles. The monoisotopic (exact) mass is 348 g/mol. The summed E-state index contributed by atoms with van der Waals surface area (Å²) in [5.41, 5.74) is 2.03. The van der Waals surface area contributed by atoms with Gasteiger partial charge in [0.25, 0.3) is 5.91 Å². The van der Waals surface area contributed by atoms with Crippen LogP contribution in [0.5, 0.6) is 0 Å². The largest absolute Gasteiger partial charge is 0.334 e. The second-order valence-corrected chi connectivity index (χ2v) is 6.15. The molecular weight excluding hydrogens is 335 g/mol. The van der Waals surface area contributed by atoms with Crippen molar-refractivity contribution in [2.45, 2.75) is 13.0 Å². The van der Waals surface area contributed by atoms with Crippen LogP contribution in [-0.4, -0.2) is 23.3 Å². The molecule has 0 atom stereocenters. The van der Waals surface area contributed by atoms with E-state index in [9.17, 15) is 9.59 Å². The number of para-hydroxylation sites is 1. The molecule has 2 aromatic rings. The van der Waals surface area contributed by atoms with Gasteiger partial charge in [0.1, 0.15) is 0 Å². The number of benzene rings is 2. The zero-order valence-electron chi connectivity index (χ0n) is 12.2. The molecule has 2 aromatic carbocycles. The zero-order valence-corrected chi connectivity index (χ0v) is 13.7. The molecule has 6 heteroatoms. The topological polar surface area (TPSA) is 49.4 Å². The second-order valence-electron chi connectivity index (χ2n) is 5.30. The Morgan fingerprint density at radius 3 is 2.65 bits per heavy atom. The summed E-state index contributed by atoms with van der Waals surface area (Å²) in [6.45, 7) is 0.739. The quantitative estimate of drug-likeness (QED) is 0.908. The van der Waals surface area contributed by atoms with E-state index in [2.05, 4.69) is 5.32 Å². The number of halogens is 2. The molecular formula is C17H14Cl2N2O2. The molecule has 4 nitrogen and oxygen atoms in total. The van der Waals surface area contributed by atoms with Crippen molar-refractivity contribution in [3.63, 3.8) is 0 Å². The number of rotatable bonds is 4. The summed E-state index contributed by atoms with van der Waals surface area (Å²) >= 11 is 12.1. The number of hydrogen-bond donors (Lipinski definition) is 1. The summed E-state index contributed by atoms with van der Waals surface area (Å²) < 4.78 is 0. The first-order valence-electron chi connectivity index (χ1n) is 7.16. The molecule has 0 unspecified atom stereocenters. The van der Waals surface area contributed by atoms with E-state index in [1.165, 1.54) is 0 Å². The molecule has 0 bridgehead atoms. The number of amides is 2. The van der Waals surface area contributed by atoms with Crippen molar-refractivity contribution in [2.75, 3.05) is 11.9 Å². The van der Waals surface area contributed by atoms with E-state index in [4.69, 9.17) is 23.2 Å². The summed E-state index contributed by atoms with van der Waals surface area (Å²) in [6, 6.07) is 12.5. The van der Waals surface area contributed by atoms with Gasteiger partial charge in [-0.25, -0.2) is 0 Å². The molecule has 0 fully saturated rings. The van der Waals surface area contributed by atoms with E-state index in [0.29, 0.717) is 28.7 Å². The van der Waals surface area contributed by atoms with Crippen molar-refractivity contribution in [3.8, 4) is 0 Å². The van der Waals surface area contributed by atoms with Crippen LogP contribution in [0.15, 0.2) is 42.5 Å². The minimum Gasteiger partial charge on any atom is -0.334 e. The minimum atomic E-state index is -0.142. The third kappa shape index (κ3) is 3.49. The predicted molar refractivity (Wildman–Crippen MR) is 90.9 cm³/mol. The molecule has 3 rings (SSSR count). The molecule has 118 valence electrons. The Bertz CT molecular complexity index is 763. The SMILES string of the molecule is O=C(CCN1Cc2c(Cl)cc(Cl)cc2C1=O)Nc1ccccc1. The fourth-order valence-electron chi connectivity index (χ4n) is 2.55. The maximum atomic E-state index is 12.3. The highest BCUT2D eigenvalue weighted by molar-refractivity contribution is 6.36. The lowest BCUT2D eigenvalue weighted by Crippen LogP contribution is -2.28. The lowest BCUT2D eigenvalue weighted by molar-refractivity contribution is -0.116. The molecule has 0 aliphatic carbocycles. The molecule has 0 saturated carbocycles. The summed E-state index contributed by atoms with van der Waals surface area (Å²) in [5, 5.41) is 3.72. The molecule has 0 spiro atoms. The summed E-state index contributed by atoms with van der Waals surface area (Å²) in [4.78, 5) is 25.9. The van der Waals surface area contributed by atoms with Gasteiger partial charge in [0, 0.05) is 46.4 Å². The van der Waals surface area contributed by atoms with Crippen molar-refractivity contribution in [2.24, 2.45) is 0 Å². The van der Waals surface area contributed by atoms with E-state index < -0.39 is 0 Å². The number of nitrogens with one attached hydrogen (secondary N) is 1. The Hall–Kier alpha value is -2.04. The molecule has 1 heterocycles. The smallest absolute Gasteiger partial charge is 0.254 e. The fraction of sp³-hybridized carbons (Fsp3) is 0.176. The first-order valence-corrected chi connectivity index (χ1v) is 7.92. The van der Waals surface area contributed by atoms with Crippen LogP contribution in [0.2, 0.25) is 10.0 Å². The number of carbonyl (C=O) groups is 2. The predicted octanol–water partition coefficient (Wildman–Crippen LogP) is 3.98. The van der Waals surface area contributed by atoms with E-state index in [-0.39, 0.29) is 18.2 Å². The Balaban J connectivity index is 1.61. The van der Waals surface area contributed by atoms with Crippen LogP contribution in [0.25, 0.3) is 0 Å². The molecule has 0 aromatic heterocycles. The highest BCUT2D eigenvalue weighted by Gasteiger charge is 2.29. The fourth-order valence-corrected chi connectivity index (χ4v) is 3.10. The van der Waals surface area contributed by atoms with Crippen LogP contribution < -0.4 is 5.32 Å². The average Bonchev–Trinajstić information content (AvgIpc) is 2.83. The van der Waals surface area contributed by atoms with Gasteiger partial charge in [-0.05, 0) is 24.3 Å². The van der Waals surface area contributed by atoms with Crippen LogP contribution in [0.3, 0.4) is 0 Å². The van der Waals surface area contributed by atoms with E-state index in [1.54, 1.807) is 17.0 Å². The molecule has 0 radical (unpaired) electrons. The van der Waals surface area contributed by atoms with E-state index >= 15 is 0 Å². The van der Waals surface area contributed by atoms with Crippen molar-refractivity contribution >= 4 is 40.7 Å². The molecule has 0 saturated heterocycles. The zero-order chi connectivity index (χ0) is 16.4. The number of carbonyl (C=O) groups excluding carboxylic acids is 2. The first kappa shape index (κ1) is 15.8. The highest BCUT2D eigenvalue weighted by Crippen LogP contribution is 2.32. The van der Waals surface area contributed by atoms with Crippen molar-refractivity contribution in [3.05, 3.63) is 63.6 Å². The number of hydrogen-bond acceptors (Lipinski definition) is 2. The van der Waals surface area contributed by atoms with Gasteiger partial charge in [0.2, 0.25) is 5.91 Å². The number of nitrogens with zero attached hydrogens (tertiary/aromatic N) is 1. The third-order valence-corrected chi connectivity index (χ3v) is 4.25. The van der Waals surface area contributed by atoms with Gasteiger partial charge in [0.05, 0.1) is 0 Å². The van der Waals surface area contributed by atoms with Crippen LogP contribution in [0, 0.1) is 0 Å². The first-order chi connectivity index (χ1) is 11.0. The van der Waals surface area contributed by atoms with Gasteiger partial charge in [-0.3, -0.25) is 9.59 Å². The van der Waals surface area contributed by atoms with Gasteiger partial charge in [0.15, 0.2) is 0 Å². The van der Waals surface area contributed by atoms with E-state index in [0.717, 1.165) is 11.3 Å². The third-order valence-electron chi connectivity index (χ3n) is 3.69. The summed E-state index contributed by atoms with van der Waals surface area (Å²) in [6.07, 6.45) is 0.222. The lowest BCUT2D eigenvalue weighted by atomic mass is 10.1. The van der Waals surface area contributed by atoms with Crippen molar-refractivity contribution in [1.29, 1.82) is 0 Å². The summed E-state index contributed by atoms with van der Waals surface area (Å²) in [5.74, 6) is -0.277. The van der Waals surface area contributed by atoms with Crippen LogP contribution in [0.1, 0.15) is 22.3 Å². The summed E-state index contributed by atoms with van der Waals surface area (Å²) in [7, 11) is 0. The Labute approximate surface area is 144 Å². The molecule has 2 amide bonds. The Morgan fingerprint density at radius 1 is 1.17 bits per heavy atom. The number of anilines is 1. The van der Waals surface area contributed by atoms with Gasteiger partial charge in [-0.15, -0.1) is 0 Å². The van der Waals surface area contributed by atoms with Crippen LogP contribution >= 0.6 is 23.2 Å². The lowest BCUT2D eigenvalue weighted by Gasteiger charge is -2.15. The van der Waals surface area contributed by atoms with E-state index in [1.807, 2.05) is 30.3 Å². The van der Waals surface area contributed by atoms with Crippen LogP contribution in [0.4, 0.5) is 5.69 Å². The van der Waals surface area contributed by atoms with Crippen LogP contribution in [-0.2, 0) is 11.3 Å². The maximum absolute atomic E-state index is 12.3. The van der Waals surface area contributed by atoms with Gasteiger partial charge in [-0.1, -0.05) is 41.4 Å². The standard InChI is InChI=1S/C17H14Cl2N2O2/c18-11-8-13-14(15(19)9-11)10-21(17(13)23)7-6-16(22)20-12-4-2-1-3-5-12/h1-5,8-9H,6-7,10H2,(H,20,22). The second kappa shape index (κ2) is 6.60. The van der Waals surface area contributed by atoms with Gasteiger partial charge in [-0.2, -0.15) is 0 Å². The Kier molecular flexibility index (Phi) is 4.55. The van der Waals surface area contributed by atoms with Crippen molar-refractivity contribution < 1.29 is 9.59 Å². The van der Waals surface area contributed by atoms with Gasteiger partial charge < -0.3 is 10.2 Å². The van der Waals surface area contributed by atoms with Crippen molar-refractivity contribution in [1.82, 2.24) is 4.90 Å². The molecule has 1 N–H and O–H groups in total.